The second kappa shape index (κ2) is 8.67. The van der Waals surface area contributed by atoms with Gasteiger partial charge in [0.15, 0.2) is 0 Å². The van der Waals surface area contributed by atoms with Crippen molar-refractivity contribution in [3.8, 4) is 0 Å². The van der Waals surface area contributed by atoms with Crippen LogP contribution in [-0.4, -0.2) is 58.2 Å². The van der Waals surface area contributed by atoms with E-state index in [0.29, 0.717) is 11.3 Å². The molecule has 2 unspecified atom stereocenters. The smallest absolute Gasteiger partial charge is 0.293 e. The maximum atomic E-state index is 12.2. The molecule has 1 aromatic carbocycles. The van der Waals surface area contributed by atoms with E-state index in [0.717, 1.165) is 58.0 Å². The molecular weight excluding hydrogens is 372 g/mol. The molecule has 0 aromatic heterocycles. The zero-order valence-electron chi connectivity index (χ0n) is 16.7. The van der Waals surface area contributed by atoms with Gasteiger partial charge in [-0.3, -0.25) is 19.8 Å². The minimum atomic E-state index is -0.427. The van der Waals surface area contributed by atoms with Crippen LogP contribution in [0.2, 0.25) is 0 Å². The number of aliphatic hydroxyl groups is 1. The van der Waals surface area contributed by atoms with E-state index in [1.165, 1.54) is 12.5 Å². The van der Waals surface area contributed by atoms with Crippen molar-refractivity contribution in [2.75, 3.05) is 18.4 Å². The molecule has 4 rings (SSSR count). The number of likely N-dealkylation sites (tertiary alicyclic amines) is 1. The van der Waals surface area contributed by atoms with Gasteiger partial charge in [0.05, 0.1) is 11.0 Å². The number of nitrogens with one attached hydrogen (secondary N) is 2. The van der Waals surface area contributed by atoms with Crippen molar-refractivity contribution >= 4 is 17.3 Å². The summed E-state index contributed by atoms with van der Waals surface area (Å²) in [4.78, 5) is 25.7. The van der Waals surface area contributed by atoms with Crippen molar-refractivity contribution < 1.29 is 14.8 Å². The van der Waals surface area contributed by atoms with Crippen molar-refractivity contribution in [2.24, 2.45) is 0 Å². The van der Waals surface area contributed by atoms with Gasteiger partial charge in [-0.2, -0.15) is 0 Å². The largest absolute Gasteiger partial charge is 0.391 e. The molecule has 29 heavy (non-hydrogen) atoms. The van der Waals surface area contributed by atoms with Crippen LogP contribution in [0.15, 0.2) is 18.2 Å². The molecule has 2 saturated carbocycles. The van der Waals surface area contributed by atoms with Gasteiger partial charge < -0.3 is 15.7 Å². The molecule has 2 aliphatic carbocycles. The van der Waals surface area contributed by atoms with Crippen LogP contribution in [0.1, 0.15) is 61.7 Å². The molecule has 0 radical (unpaired) electrons. The third kappa shape index (κ3) is 4.87. The van der Waals surface area contributed by atoms with E-state index in [4.69, 9.17) is 0 Å². The first kappa shape index (κ1) is 20.1. The summed E-state index contributed by atoms with van der Waals surface area (Å²) in [7, 11) is 0. The number of rotatable bonds is 6. The van der Waals surface area contributed by atoms with Gasteiger partial charge in [-0.05, 0) is 50.7 Å². The predicted molar refractivity (Wildman–Crippen MR) is 110 cm³/mol. The van der Waals surface area contributed by atoms with E-state index in [1.54, 1.807) is 12.1 Å². The fourth-order valence-corrected chi connectivity index (χ4v) is 4.56. The molecule has 1 amide bonds. The molecule has 1 heterocycles. The van der Waals surface area contributed by atoms with Crippen LogP contribution in [0.4, 0.5) is 11.4 Å². The molecule has 8 heteroatoms. The number of anilines is 1. The number of nitro groups is 1. The van der Waals surface area contributed by atoms with E-state index in [1.807, 2.05) is 0 Å². The van der Waals surface area contributed by atoms with Crippen LogP contribution in [0.5, 0.6) is 0 Å². The average molecular weight is 402 g/mol. The van der Waals surface area contributed by atoms with Crippen molar-refractivity contribution in [1.29, 1.82) is 0 Å². The first-order valence-electron chi connectivity index (χ1n) is 10.8. The number of carbonyl (C=O) groups excluding carboxylic acids is 1. The fourth-order valence-electron chi connectivity index (χ4n) is 4.56. The van der Waals surface area contributed by atoms with E-state index < -0.39 is 4.92 Å². The Morgan fingerprint density at radius 1 is 1.07 bits per heavy atom. The Bertz CT molecular complexity index is 759. The summed E-state index contributed by atoms with van der Waals surface area (Å²) >= 11 is 0. The summed E-state index contributed by atoms with van der Waals surface area (Å²) in [6, 6.07) is 5.29. The first-order chi connectivity index (χ1) is 14.0. The quantitative estimate of drug-likeness (QED) is 0.499. The molecule has 3 fully saturated rings. The highest BCUT2D eigenvalue weighted by Gasteiger charge is 2.32. The third-order valence-electron chi connectivity index (χ3n) is 6.42. The van der Waals surface area contributed by atoms with Crippen LogP contribution in [-0.2, 0) is 0 Å². The Balaban J connectivity index is 1.37. The minimum Gasteiger partial charge on any atom is -0.391 e. The monoisotopic (exact) mass is 402 g/mol. The molecule has 8 nitrogen and oxygen atoms in total. The summed E-state index contributed by atoms with van der Waals surface area (Å²) < 4.78 is 0. The Hall–Kier alpha value is -2.19. The standard InChI is InChI=1S/C21H30N4O4/c26-20-4-2-1-3-18(20)24-11-9-16(10-12-24)22-17-8-5-14(13-19(17)25(28)29)21(27)23-15-6-7-15/h5,8,13,15-16,18,20,22,26H,1-4,6-7,9-12H2,(H,23,27). The highest BCUT2D eigenvalue weighted by atomic mass is 16.6. The van der Waals surface area contributed by atoms with Gasteiger partial charge in [-0.15, -0.1) is 0 Å². The lowest BCUT2D eigenvalue weighted by Crippen LogP contribution is -2.50. The Kier molecular flexibility index (Phi) is 6.01. The second-order valence-electron chi connectivity index (χ2n) is 8.61. The van der Waals surface area contributed by atoms with Gasteiger partial charge >= 0.3 is 0 Å². The van der Waals surface area contributed by atoms with Crippen LogP contribution < -0.4 is 10.6 Å². The summed E-state index contributed by atoms with van der Waals surface area (Å²) in [5.74, 6) is -0.249. The lowest BCUT2D eigenvalue weighted by atomic mass is 9.89. The maximum absolute atomic E-state index is 12.2. The number of carbonyl (C=O) groups is 1. The summed E-state index contributed by atoms with van der Waals surface area (Å²) in [6.07, 6.45) is 7.69. The molecule has 158 valence electrons. The van der Waals surface area contributed by atoms with E-state index in [-0.39, 0.29) is 35.8 Å². The van der Waals surface area contributed by atoms with Gasteiger partial charge in [0.2, 0.25) is 0 Å². The molecule has 1 aromatic rings. The Labute approximate surface area is 170 Å². The number of aliphatic hydroxyl groups excluding tert-OH is 1. The summed E-state index contributed by atoms with van der Waals surface area (Å²) in [5.41, 5.74) is 0.739. The Morgan fingerprint density at radius 2 is 1.79 bits per heavy atom. The molecule has 3 N–H and O–H groups in total. The van der Waals surface area contributed by atoms with Crippen LogP contribution in [0.3, 0.4) is 0 Å². The topological polar surface area (TPSA) is 108 Å². The number of hydrogen-bond acceptors (Lipinski definition) is 6. The minimum absolute atomic E-state index is 0.0569. The highest BCUT2D eigenvalue weighted by molar-refractivity contribution is 5.96. The summed E-state index contributed by atoms with van der Waals surface area (Å²) in [6.45, 7) is 1.77. The van der Waals surface area contributed by atoms with Crippen LogP contribution in [0, 0.1) is 10.1 Å². The van der Waals surface area contributed by atoms with Gasteiger partial charge in [0.1, 0.15) is 5.69 Å². The molecule has 1 saturated heterocycles. The molecular formula is C21H30N4O4. The molecule has 0 bridgehead atoms. The third-order valence-corrected chi connectivity index (χ3v) is 6.42. The van der Waals surface area contributed by atoms with Crippen molar-refractivity contribution in [1.82, 2.24) is 10.2 Å². The normalized spacial score (nSPS) is 26.1. The van der Waals surface area contributed by atoms with E-state index in [2.05, 4.69) is 15.5 Å². The van der Waals surface area contributed by atoms with Crippen LogP contribution in [0.25, 0.3) is 0 Å². The molecule has 2 atom stereocenters. The zero-order valence-corrected chi connectivity index (χ0v) is 16.7. The fraction of sp³-hybridized carbons (Fsp3) is 0.667. The number of nitro benzene ring substituents is 1. The number of nitrogens with zero attached hydrogens (tertiary/aromatic N) is 2. The van der Waals surface area contributed by atoms with Gasteiger partial charge in [-0.1, -0.05) is 12.8 Å². The lowest BCUT2D eigenvalue weighted by molar-refractivity contribution is -0.384. The molecule has 3 aliphatic rings. The summed E-state index contributed by atoms with van der Waals surface area (Å²) in [5, 5.41) is 28.0. The van der Waals surface area contributed by atoms with Gasteiger partial charge in [0.25, 0.3) is 11.6 Å². The van der Waals surface area contributed by atoms with Crippen LogP contribution >= 0.6 is 0 Å². The highest BCUT2D eigenvalue weighted by Crippen LogP contribution is 2.30. The lowest BCUT2D eigenvalue weighted by Gasteiger charge is -2.41. The second-order valence-corrected chi connectivity index (χ2v) is 8.61. The molecule has 1 aliphatic heterocycles. The Morgan fingerprint density at radius 3 is 2.45 bits per heavy atom. The van der Waals surface area contributed by atoms with Crippen molar-refractivity contribution in [3.05, 3.63) is 33.9 Å². The SMILES string of the molecule is O=C(NC1CC1)c1ccc(NC2CCN(C3CCCCC3O)CC2)c([N+](=O)[O-])c1. The van der Waals surface area contributed by atoms with Crippen molar-refractivity contribution in [2.45, 2.75) is 75.6 Å². The average Bonchev–Trinajstić information content (AvgIpc) is 3.53. The maximum Gasteiger partial charge on any atom is 0.293 e. The first-order valence-corrected chi connectivity index (χ1v) is 10.8. The van der Waals surface area contributed by atoms with E-state index >= 15 is 0 Å². The molecule has 0 spiro atoms. The van der Waals surface area contributed by atoms with Crippen molar-refractivity contribution in [3.63, 3.8) is 0 Å². The zero-order chi connectivity index (χ0) is 20.4. The number of amides is 1. The van der Waals surface area contributed by atoms with E-state index in [9.17, 15) is 20.0 Å². The van der Waals surface area contributed by atoms with Gasteiger partial charge in [0, 0.05) is 42.8 Å². The number of piperidine rings is 1. The predicted octanol–water partition coefficient (Wildman–Crippen LogP) is 2.67. The van der Waals surface area contributed by atoms with Gasteiger partial charge in [-0.25, -0.2) is 0 Å². The number of hydrogen-bond donors (Lipinski definition) is 3. The number of benzene rings is 1.